The van der Waals surface area contributed by atoms with E-state index in [0.717, 1.165) is 26.1 Å². The Labute approximate surface area is 67.9 Å². The predicted octanol–water partition coefficient (Wildman–Crippen LogP) is 1.64. The van der Waals surface area contributed by atoms with E-state index in [2.05, 4.69) is 0 Å². The Hall–Kier alpha value is -0.370. The Morgan fingerprint density at radius 3 is 2.36 bits per heavy atom. The predicted molar refractivity (Wildman–Crippen MR) is 43.4 cm³/mol. The van der Waals surface area contributed by atoms with E-state index in [-0.39, 0.29) is 11.8 Å². The van der Waals surface area contributed by atoms with Crippen LogP contribution in [0.3, 0.4) is 0 Å². The lowest BCUT2D eigenvalue weighted by Gasteiger charge is -2.22. The fourth-order valence-electron chi connectivity index (χ4n) is 1.45. The fourth-order valence-corrected chi connectivity index (χ4v) is 1.45. The first kappa shape index (κ1) is 8.72. The zero-order valence-electron chi connectivity index (χ0n) is 7.30. The van der Waals surface area contributed by atoms with Gasteiger partial charge in [0, 0.05) is 25.0 Å². The van der Waals surface area contributed by atoms with Crippen molar-refractivity contribution in [2.24, 2.45) is 11.8 Å². The monoisotopic (exact) mass is 156 g/mol. The van der Waals surface area contributed by atoms with E-state index in [1.165, 1.54) is 0 Å². The molecule has 0 N–H and O–H groups in total. The first-order valence-corrected chi connectivity index (χ1v) is 4.33. The molecule has 0 atom stereocenters. The number of carbonyl (C=O) groups is 1. The van der Waals surface area contributed by atoms with Gasteiger partial charge in [0.2, 0.25) is 0 Å². The summed E-state index contributed by atoms with van der Waals surface area (Å²) in [5, 5.41) is 0. The first-order chi connectivity index (χ1) is 5.22. The van der Waals surface area contributed by atoms with Crippen LogP contribution in [0.2, 0.25) is 0 Å². The Morgan fingerprint density at radius 2 is 1.91 bits per heavy atom. The molecule has 0 aromatic carbocycles. The second-order valence-corrected chi connectivity index (χ2v) is 3.44. The zero-order chi connectivity index (χ0) is 8.27. The molecule has 1 aliphatic heterocycles. The van der Waals surface area contributed by atoms with Crippen molar-refractivity contribution in [2.75, 3.05) is 13.2 Å². The molecular formula is C9H16O2. The zero-order valence-corrected chi connectivity index (χ0v) is 7.30. The fraction of sp³-hybridized carbons (Fsp3) is 0.889. The molecule has 64 valence electrons. The van der Waals surface area contributed by atoms with E-state index in [4.69, 9.17) is 4.74 Å². The molecule has 0 bridgehead atoms. The van der Waals surface area contributed by atoms with Crippen LogP contribution in [-0.4, -0.2) is 19.0 Å². The maximum absolute atomic E-state index is 11.4. The van der Waals surface area contributed by atoms with Gasteiger partial charge in [-0.3, -0.25) is 4.79 Å². The minimum atomic E-state index is 0.193. The summed E-state index contributed by atoms with van der Waals surface area (Å²) < 4.78 is 5.18. The number of ether oxygens (including phenoxy) is 1. The molecule has 1 saturated heterocycles. The highest BCUT2D eigenvalue weighted by Gasteiger charge is 2.22. The quantitative estimate of drug-likeness (QED) is 0.607. The highest BCUT2D eigenvalue weighted by molar-refractivity contribution is 5.82. The van der Waals surface area contributed by atoms with Crippen molar-refractivity contribution in [1.82, 2.24) is 0 Å². The summed E-state index contributed by atoms with van der Waals surface area (Å²) in [6.07, 6.45) is 1.86. The maximum atomic E-state index is 11.4. The second-order valence-electron chi connectivity index (χ2n) is 3.44. The van der Waals surface area contributed by atoms with E-state index < -0.39 is 0 Å². The summed E-state index contributed by atoms with van der Waals surface area (Å²) in [7, 11) is 0. The van der Waals surface area contributed by atoms with Gasteiger partial charge in [0.1, 0.15) is 5.78 Å². The van der Waals surface area contributed by atoms with Crippen LogP contribution >= 0.6 is 0 Å². The standard InChI is InChI=1S/C9H16O2/c1-7(2)9(10)8-3-5-11-6-4-8/h7-8H,3-6H2,1-2H3. The van der Waals surface area contributed by atoms with Gasteiger partial charge >= 0.3 is 0 Å². The van der Waals surface area contributed by atoms with Crippen LogP contribution in [0, 0.1) is 11.8 Å². The van der Waals surface area contributed by atoms with E-state index in [1.54, 1.807) is 0 Å². The van der Waals surface area contributed by atoms with Crippen LogP contribution in [-0.2, 0) is 9.53 Å². The van der Waals surface area contributed by atoms with Crippen LogP contribution in [0.4, 0.5) is 0 Å². The van der Waals surface area contributed by atoms with Gasteiger partial charge in [-0.25, -0.2) is 0 Å². The average Bonchev–Trinajstić information content (AvgIpc) is 2.05. The summed E-state index contributed by atoms with van der Waals surface area (Å²) in [5.41, 5.74) is 0. The van der Waals surface area contributed by atoms with Gasteiger partial charge in [0.15, 0.2) is 0 Å². The summed E-state index contributed by atoms with van der Waals surface area (Å²) in [6, 6.07) is 0. The molecule has 0 radical (unpaired) electrons. The van der Waals surface area contributed by atoms with Crippen LogP contribution in [0.5, 0.6) is 0 Å². The Bertz CT molecular complexity index is 134. The smallest absolute Gasteiger partial charge is 0.138 e. The van der Waals surface area contributed by atoms with Gasteiger partial charge in [-0.15, -0.1) is 0 Å². The maximum Gasteiger partial charge on any atom is 0.138 e. The largest absolute Gasteiger partial charge is 0.381 e. The third-order valence-corrected chi connectivity index (χ3v) is 2.19. The van der Waals surface area contributed by atoms with Crippen molar-refractivity contribution in [3.05, 3.63) is 0 Å². The summed E-state index contributed by atoms with van der Waals surface area (Å²) >= 11 is 0. The molecule has 2 heteroatoms. The lowest BCUT2D eigenvalue weighted by Crippen LogP contribution is -2.26. The minimum Gasteiger partial charge on any atom is -0.381 e. The van der Waals surface area contributed by atoms with E-state index in [1.807, 2.05) is 13.8 Å². The van der Waals surface area contributed by atoms with Crippen molar-refractivity contribution in [1.29, 1.82) is 0 Å². The molecule has 0 aromatic heterocycles. The number of carbonyl (C=O) groups excluding carboxylic acids is 1. The van der Waals surface area contributed by atoms with Gasteiger partial charge < -0.3 is 4.74 Å². The Balaban J connectivity index is 2.39. The molecule has 0 amide bonds. The van der Waals surface area contributed by atoms with Crippen molar-refractivity contribution in [3.8, 4) is 0 Å². The van der Waals surface area contributed by atoms with Crippen molar-refractivity contribution in [3.63, 3.8) is 0 Å². The molecule has 2 nitrogen and oxygen atoms in total. The number of hydrogen-bond donors (Lipinski definition) is 0. The third-order valence-electron chi connectivity index (χ3n) is 2.19. The normalized spacial score (nSPS) is 20.6. The lowest BCUT2D eigenvalue weighted by atomic mass is 9.89. The third kappa shape index (κ3) is 2.29. The average molecular weight is 156 g/mol. The second kappa shape index (κ2) is 3.86. The highest BCUT2D eigenvalue weighted by atomic mass is 16.5. The number of hydrogen-bond acceptors (Lipinski definition) is 2. The molecule has 1 rings (SSSR count). The highest BCUT2D eigenvalue weighted by Crippen LogP contribution is 2.18. The van der Waals surface area contributed by atoms with Gasteiger partial charge in [-0.1, -0.05) is 13.8 Å². The van der Waals surface area contributed by atoms with Gasteiger partial charge in [0.25, 0.3) is 0 Å². The molecule has 0 spiro atoms. The molecule has 1 fully saturated rings. The van der Waals surface area contributed by atoms with Gasteiger partial charge in [0.05, 0.1) is 0 Å². The van der Waals surface area contributed by atoms with Crippen molar-refractivity contribution >= 4 is 5.78 Å². The van der Waals surface area contributed by atoms with E-state index in [9.17, 15) is 4.79 Å². The molecule has 0 aliphatic carbocycles. The van der Waals surface area contributed by atoms with Crippen molar-refractivity contribution in [2.45, 2.75) is 26.7 Å². The Morgan fingerprint density at radius 1 is 1.36 bits per heavy atom. The van der Waals surface area contributed by atoms with Crippen LogP contribution in [0.25, 0.3) is 0 Å². The Kier molecular flexibility index (Phi) is 3.06. The lowest BCUT2D eigenvalue weighted by molar-refractivity contribution is -0.128. The molecule has 1 heterocycles. The van der Waals surface area contributed by atoms with Gasteiger partial charge in [-0.2, -0.15) is 0 Å². The summed E-state index contributed by atoms with van der Waals surface area (Å²) in [6.45, 7) is 5.47. The van der Waals surface area contributed by atoms with Crippen LogP contribution < -0.4 is 0 Å². The number of rotatable bonds is 2. The summed E-state index contributed by atoms with van der Waals surface area (Å²) in [5.74, 6) is 0.884. The van der Waals surface area contributed by atoms with Gasteiger partial charge in [-0.05, 0) is 12.8 Å². The molecule has 0 saturated carbocycles. The van der Waals surface area contributed by atoms with E-state index in [0.29, 0.717) is 5.78 Å². The SMILES string of the molecule is CC(C)C(=O)C1CCOCC1. The summed E-state index contributed by atoms with van der Waals surface area (Å²) in [4.78, 5) is 11.4. The topological polar surface area (TPSA) is 26.3 Å². The molecule has 11 heavy (non-hydrogen) atoms. The molecule has 0 unspecified atom stereocenters. The molecule has 0 aromatic rings. The minimum absolute atomic E-state index is 0.193. The van der Waals surface area contributed by atoms with Crippen LogP contribution in [0.15, 0.2) is 0 Å². The molecule has 1 aliphatic rings. The van der Waals surface area contributed by atoms with Crippen LogP contribution in [0.1, 0.15) is 26.7 Å². The van der Waals surface area contributed by atoms with Crippen molar-refractivity contribution < 1.29 is 9.53 Å². The number of ketones is 1. The number of Topliss-reactive ketones (excluding diaryl/α,β-unsaturated/α-hetero) is 1. The van der Waals surface area contributed by atoms with E-state index >= 15 is 0 Å². The first-order valence-electron chi connectivity index (χ1n) is 4.33. The molecular weight excluding hydrogens is 140 g/mol.